The largest absolute Gasteiger partial charge is 0.362 e. The summed E-state index contributed by atoms with van der Waals surface area (Å²) in [6, 6.07) is 3.04. The van der Waals surface area contributed by atoms with E-state index in [4.69, 9.17) is 5.73 Å². The van der Waals surface area contributed by atoms with Gasteiger partial charge < -0.3 is 10.6 Å². The van der Waals surface area contributed by atoms with Gasteiger partial charge in [0.2, 0.25) is 0 Å². The molecule has 1 saturated carbocycles. The topological polar surface area (TPSA) is 29.3 Å². The third kappa shape index (κ3) is 1.97. The third-order valence-electron chi connectivity index (χ3n) is 2.93. The Morgan fingerprint density at radius 1 is 1.57 bits per heavy atom. The Hall–Kier alpha value is -0.0600. The Morgan fingerprint density at radius 3 is 2.86 bits per heavy atom. The van der Waals surface area contributed by atoms with E-state index in [-0.39, 0.29) is 0 Å². The smallest absolute Gasteiger partial charge is 0.0920 e. The van der Waals surface area contributed by atoms with Crippen molar-refractivity contribution in [2.75, 3.05) is 11.9 Å². The number of thiophene rings is 1. The van der Waals surface area contributed by atoms with Gasteiger partial charge in [0, 0.05) is 29.0 Å². The quantitative estimate of drug-likeness (QED) is 0.899. The highest BCUT2D eigenvalue weighted by molar-refractivity contribution is 9.10. The summed E-state index contributed by atoms with van der Waals surface area (Å²) in [6.45, 7) is 0. The average molecular weight is 275 g/mol. The van der Waals surface area contributed by atoms with E-state index in [1.54, 1.807) is 11.3 Å². The van der Waals surface area contributed by atoms with Gasteiger partial charge in [-0.25, -0.2) is 0 Å². The van der Waals surface area contributed by atoms with Crippen molar-refractivity contribution in [2.24, 2.45) is 5.73 Å². The lowest BCUT2D eigenvalue weighted by molar-refractivity contribution is 0.575. The molecule has 78 valence electrons. The first-order valence-corrected chi connectivity index (χ1v) is 6.58. The minimum atomic E-state index is 0.348. The molecule has 14 heavy (non-hydrogen) atoms. The van der Waals surface area contributed by atoms with E-state index in [0.29, 0.717) is 12.1 Å². The number of hydrogen-bond donors (Lipinski definition) is 1. The molecule has 0 radical (unpaired) electrons. The highest BCUT2D eigenvalue weighted by Gasteiger charge is 2.28. The molecule has 0 bridgehead atoms. The van der Waals surface area contributed by atoms with E-state index < -0.39 is 0 Å². The van der Waals surface area contributed by atoms with Crippen LogP contribution in [-0.2, 0) is 0 Å². The summed E-state index contributed by atoms with van der Waals surface area (Å²) in [5.74, 6) is 0. The average Bonchev–Trinajstić information content (AvgIpc) is 2.73. The fourth-order valence-corrected chi connectivity index (χ4v) is 3.55. The maximum absolute atomic E-state index is 6.08. The van der Waals surface area contributed by atoms with E-state index in [2.05, 4.69) is 39.3 Å². The Labute approximate surface area is 97.2 Å². The van der Waals surface area contributed by atoms with E-state index in [9.17, 15) is 0 Å². The Bertz CT molecular complexity index is 313. The van der Waals surface area contributed by atoms with Crippen LogP contribution < -0.4 is 10.6 Å². The summed E-state index contributed by atoms with van der Waals surface area (Å²) in [7, 11) is 2.15. The fraction of sp³-hybridized carbons (Fsp3) is 0.600. The fourth-order valence-electron chi connectivity index (χ4n) is 2.10. The number of nitrogens with zero attached hydrogens (tertiary/aromatic N) is 1. The second-order valence-electron chi connectivity index (χ2n) is 3.88. The molecular formula is C10H15BrN2S. The Balaban J connectivity index is 2.11. The number of halogens is 1. The van der Waals surface area contributed by atoms with Crippen molar-refractivity contribution in [3.63, 3.8) is 0 Å². The van der Waals surface area contributed by atoms with E-state index in [1.807, 2.05) is 0 Å². The van der Waals surface area contributed by atoms with Gasteiger partial charge in [-0.05, 0) is 41.3 Å². The van der Waals surface area contributed by atoms with Gasteiger partial charge in [0.1, 0.15) is 0 Å². The standard InChI is InChI=1S/C10H15BrN2S/c1-13(9-4-2-3-8(9)12)10-5-7(11)6-14-10/h5-6,8-9H,2-4,12H2,1H3. The van der Waals surface area contributed by atoms with Crippen molar-refractivity contribution in [2.45, 2.75) is 31.3 Å². The molecule has 0 amide bonds. The summed E-state index contributed by atoms with van der Waals surface area (Å²) >= 11 is 5.25. The molecule has 1 heterocycles. The van der Waals surface area contributed by atoms with Crippen LogP contribution in [0.15, 0.2) is 15.9 Å². The predicted molar refractivity (Wildman–Crippen MR) is 66.0 cm³/mol. The van der Waals surface area contributed by atoms with Crippen molar-refractivity contribution < 1.29 is 0 Å². The molecule has 2 nitrogen and oxygen atoms in total. The minimum absolute atomic E-state index is 0.348. The number of nitrogens with two attached hydrogens (primary N) is 1. The van der Waals surface area contributed by atoms with Crippen LogP contribution in [-0.4, -0.2) is 19.1 Å². The van der Waals surface area contributed by atoms with Crippen molar-refractivity contribution in [1.29, 1.82) is 0 Å². The van der Waals surface area contributed by atoms with Crippen molar-refractivity contribution in [3.8, 4) is 0 Å². The second-order valence-corrected chi connectivity index (χ2v) is 5.68. The zero-order chi connectivity index (χ0) is 10.1. The maximum atomic E-state index is 6.08. The Kier molecular flexibility index (Phi) is 3.14. The second kappa shape index (κ2) is 4.21. The third-order valence-corrected chi connectivity index (χ3v) is 4.71. The van der Waals surface area contributed by atoms with Gasteiger partial charge in [-0.15, -0.1) is 11.3 Å². The van der Waals surface area contributed by atoms with Crippen LogP contribution in [0.25, 0.3) is 0 Å². The molecule has 1 fully saturated rings. The van der Waals surface area contributed by atoms with Crippen molar-refractivity contribution >= 4 is 32.3 Å². The van der Waals surface area contributed by atoms with E-state index in [1.165, 1.54) is 24.3 Å². The van der Waals surface area contributed by atoms with Gasteiger partial charge in [-0.1, -0.05) is 0 Å². The summed E-state index contributed by atoms with van der Waals surface area (Å²) < 4.78 is 1.16. The van der Waals surface area contributed by atoms with Crippen LogP contribution in [0.2, 0.25) is 0 Å². The van der Waals surface area contributed by atoms with Crippen molar-refractivity contribution in [1.82, 2.24) is 0 Å². The highest BCUT2D eigenvalue weighted by atomic mass is 79.9. The SMILES string of the molecule is CN(c1cc(Br)cs1)C1CCCC1N. The van der Waals surface area contributed by atoms with Crippen molar-refractivity contribution in [3.05, 3.63) is 15.9 Å². The van der Waals surface area contributed by atoms with Gasteiger partial charge in [0.15, 0.2) is 0 Å². The molecular weight excluding hydrogens is 260 g/mol. The molecule has 1 aromatic heterocycles. The summed E-state index contributed by atoms with van der Waals surface area (Å²) in [4.78, 5) is 2.33. The van der Waals surface area contributed by atoms with Crippen LogP contribution in [0, 0.1) is 0 Å². The molecule has 0 aliphatic heterocycles. The normalized spacial score (nSPS) is 26.8. The van der Waals surface area contributed by atoms with Crippen LogP contribution in [0.1, 0.15) is 19.3 Å². The number of likely N-dealkylation sites (N-methyl/N-ethyl adjacent to an activating group) is 1. The van der Waals surface area contributed by atoms with Crippen LogP contribution in [0.4, 0.5) is 5.00 Å². The van der Waals surface area contributed by atoms with E-state index >= 15 is 0 Å². The molecule has 0 spiro atoms. The van der Waals surface area contributed by atoms with Crippen LogP contribution in [0.5, 0.6) is 0 Å². The first-order valence-electron chi connectivity index (χ1n) is 4.91. The molecule has 1 aromatic rings. The molecule has 1 aliphatic carbocycles. The van der Waals surface area contributed by atoms with E-state index in [0.717, 1.165) is 4.47 Å². The monoisotopic (exact) mass is 274 g/mol. The number of rotatable bonds is 2. The van der Waals surface area contributed by atoms with Gasteiger partial charge >= 0.3 is 0 Å². The molecule has 4 heteroatoms. The highest BCUT2D eigenvalue weighted by Crippen LogP contribution is 2.32. The molecule has 2 N–H and O–H groups in total. The maximum Gasteiger partial charge on any atom is 0.0920 e. The number of anilines is 1. The van der Waals surface area contributed by atoms with Gasteiger partial charge in [-0.2, -0.15) is 0 Å². The first kappa shape index (κ1) is 10.5. The van der Waals surface area contributed by atoms with Crippen LogP contribution in [0.3, 0.4) is 0 Å². The summed E-state index contributed by atoms with van der Waals surface area (Å²) in [5.41, 5.74) is 6.08. The van der Waals surface area contributed by atoms with Crippen LogP contribution >= 0.6 is 27.3 Å². The summed E-state index contributed by atoms with van der Waals surface area (Å²) in [5, 5.41) is 3.42. The molecule has 2 rings (SSSR count). The zero-order valence-corrected chi connectivity index (χ0v) is 10.6. The Morgan fingerprint density at radius 2 is 2.36 bits per heavy atom. The predicted octanol–water partition coefficient (Wildman–Crippen LogP) is 2.83. The molecule has 0 aromatic carbocycles. The molecule has 2 unspecified atom stereocenters. The molecule has 2 atom stereocenters. The minimum Gasteiger partial charge on any atom is -0.362 e. The van der Waals surface area contributed by atoms with Gasteiger partial charge in [-0.3, -0.25) is 0 Å². The lowest BCUT2D eigenvalue weighted by atomic mass is 10.1. The zero-order valence-electron chi connectivity index (χ0n) is 8.24. The summed E-state index contributed by atoms with van der Waals surface area (Å²) in [6.07, 6.45) is 3.66. The lowest BCUT2D eigenvalue weighted by Crippen LogP contribution is -2.41. The molecule has 0 saturated heterocycles. The molecule has 1 aliphatic rings. The lowest BCUT2D eigenvalue weighted by Gasteiger charge is -2.28. The van der Waals surface area contributed by atoms with Gasteiger partial charge in [0.25, 0.3) is 0 Å². The van der Waals surface area contributed by atoms with Gasteiger partial charge in [0.05, 0.1) is 5.00 Å². The number of hydrogen-bond acceptors (Lipinski definition) is 3. The first-order chi connectivity index (χ1) is 6.68.